The number of carbonyl (C=O) groups is 1. The molecule has 1 fully saturated rings. The zero-order chi connectivity index (χ0) is 16.9. The molecule has 0 aliphatic carbocycles. The van der Waals surface area contributed by atoms with Crippen LogP contribution in [0, 0.1) is 0 Å². The van der Waals surface area contributed by atoms with Gasteiger partial charge in [-0.05, 0) is 18.2 Å². The first-order valence-electron chi connectivity index (χ1n) is 8.21. The summed E-state index contributed by atoms with van der Waals surface area (Å²) in [7, 11) is 1.69. The van der Waals surface area contributed by atoms with Crippen LogP contribution in [-0.2, 0) is 11.3 Å². The number of methoxy groups -OCH3 is 1. The predicted octanol–water partition coefficient (Wildman–Crippen LogP) is 2.50. The monoisotopic (exact) mass is 325 g/mol. The fourth-order valence-corrected chi connectivity index (χ4v) is 3.23. The van der Waals surface area contributed by atoms with Gasteiger partial charge < -0.3 is 9.64 Å². The summed E-state index contributed by atoms with van der Waals surface area (Å²) < 4.78 is 5.55. The normalized spacial score (nSPS) is 18.4. The zero-order valence-electron chi connectivity index (χ0n) is 14.2. The van der Waals surface area contributed by atoms with E-state index in [-0.39, 0.29) is 11.9 Å². The first-order valence-corrected chi connectivity index (χ1v) is 8.21. The Labute approximate surface area is 142 Å². The van der Waals surface area contributed by atoms with Crippen molar-refractivity contribution in [2.45, 2.75) is 19.5 Å². The van der Waals surface area contributed by atoms with E-state index in [0.29, 0.717) is 6.54 Å². The minimum absolute atomic E-state index is 0.0980. The lowest BCUT2D eigenvalue weighted by atomic mass is 10.0. The number of rotatable bonds is 4. The van der Waals surface area contributed by atoms with Crippen LogP contribution in [0.4, 0.5) is 0 Å². The summed E-state index contributed by atoms with van der Waals surface area (Å²) in [6.45, 7) is 4.62. The second-order valence-electron chi connectivity index (χ2n) is 6.01. The van der Waals surface area contributed by atoms with Crippen molar-refractivity contribution in [3.05, 3.63) is 59.9 Å². The lowest BCUT2D eigenvalue weighted by Gasteiger charge is -2.41. The molecule has 1 atom stereocenters. The number of carbonyl (C=O) groups excluding carboxylic acids is 1. The topological polar surface area (TPSA) is 45.7 Å². The Balaban J connectivity index is 1.90. The number of aromatic nitrogens is 1. The summed E-state index contributed by atoms with van der Waals surface area (Å²) >= 11 is 0. The van der Waals surface area contributed by atoms with Crippen LogP contribution in [0.5, 0.6) is 5.75 Å². The average molecular weight is 325 g/mol. The van der Waals surface area contributed by atoms with Crippen molar-refractivity contribution in [1.29, 1.82) is 0 Å². The molecular weight excluding hydrogens is 302 g/mol. The van der Waals surface area contributed by atoms with Crippen LogP contribution in [0.3, 0.4) is 0 Å². The highest BCUT2D eigenvalue weighted by Gasteiger charge is 2.31. The second kappa shape index (κ2) is 7.45. The Kier molecular flexibility index (Phi) is 5.11. The molecule has 1 aromatic carbocycles. The molecule has 2 aromatic rings. The summed E-state index contributed by atoms with van der Waals surface area (Å²) in [6.07, 6.45) is 1.82. The van der Waals surface area contributed by atoms with Crippen LogP contribution in [0.25, 0.3) is 0 Å². The average Bonchev–Trinajstić information content (AvgIpc) is 2.62. The quantitative estimate of drug-likeness (QED) is 0.866. The van der Waals surface area contributed by atoms with Gasteiger partial charge >= 0.3 is 0 Å². The van der Waals surface area contributed by atoms with Gasteiger partial charge in [-0.25, -0.2) is 0 Å². The number of piperazine rings is 1. The number of nitrogens with zero attached hydrogens (tertiary/aromatic N) is 3. The molecule has 1 amide bonds. The molecule has 5 nitrogen and oxygen atoms in total. The zero-order valence-corrected chi connectivity index (χ0v) is 14.2. The maximum Gasteiger partial charge on any atom is 0.219 e. The van der Waals surface area contributed by atoms with E-state index in [0.717, 1.165) is 36.6 Å². The summed E-state index contributed by atoms with van der Waals surface area (Å²) in [6, 6.07) is 14.1. The van der Waals surface area contributed by atoms with Crippen LogP contribution < -0.4 is 4.74 Å². The third kappa shape index (κ3) is 3.57. The molecule has 1 aromatic heterocycles. The number of hydrogen-bond acceptors (Lipinski definition) is 4. The highest BCUT2D eigenvalue weighted by molar-refractivity contribution is 5.73. The first-order chi connectivity index (χ1) is 11.7. The van der Waals surface area contributed by atoms with Crippen molar-refractivity contribution in [3.8, 4) is 5.75 Å². The summed E-state index contributed by atoms with van der Waals surface area (Å²) in [4.78, 5) is 20.6. The van der Waals surface area contributed by atoms with Crippen molar-refractivity contribution in [3.63, 3.8) is 0 Å². The lowest BCUT2D eigenvalue weighted by molar-refractivity contribution is -0.132. The lowest BCUT2D eigenvalue weighted by Crippen LogP contribution is -2.49. The van der Waals surface area contributed by atoms with Gasteiger partial charge in [0.1, 0.15) is 5.75 Å². The Hall–Kier alpha value is -2.40. The third-order valence-corrected chi connectivity index (χ3v) is 4.53. The van der Waals surface area contributed by atoms with Gasteiger partial charge in [-0.1, -0.05) is 24.3 Å². The SMILES string of the molecule is COc1ccccc1C1CN(C(C)=O)CCN1Cc1ccccn1. The van der Waals surface area contributed by atoms with E-state index in [1.54, 1.807) is 14.0 Å². The molecule has 0 bridgehead atoms. The Morgan fingerprint density at radius 3 is 2.71 bits per heavy atom. The largest absolute Gasteiger partial charge is 0.496 e. The van der Waals surface area contributed by atoms with Crippen molar-refractivity contribution in [2.75, 3.05) is 26.7 Å². The van der Waals surface area contributed by atoms with Gasteiger partial charge in [-0.3, -0.25) is 14.7 Å². The highest BCUT2D eigenvalue weighted by Crippen LogP contribution is 2.32. The number of pyridine rings is 1. The van der Waals surface area contributed by atoms with E-state index in [1.165, 1.54) is 0 Å². The minimum atomic E-state index is 0.0980. The molecule has 5 heteroatoms. The molecule has 1 unspecified atom stereocenters. The van der Waals surface area contributed by atoms with Gasteiger partial charge in [0.25, 0.3) is 0 Å². The number of hydrogen-bond donors (Lipinski definition) is 0. The minimum Gasteiger partial charge on any atom is -0.496 e. The maximum absolute atomic E-state index is 11.9. The van der Waals surface area contributed by atoms with E-state index < -0.39 is 0 Å². The van der Waals surface area contributed by atoms with Crippen molar-refractivity contribution >= 4 is 5.91 Å². The second-order valence-corrected chi connectivity index (χ2v) is 6.01. The number of amides is 1. The fourth-order valence-electron chi connectivity index (χ4n) is 3.23. The van der Waals surface area contributed by atoms with Crippen LogP contribution in [0.2, 0.25) is 0 Å². The fraction of sp³-hybridized carbons (Fsp3) is 0.368. The van der Waals surface area contributed by atoms with Crippen molar-refractivity contribution < 1.29 is 9.53 Å². The Bertz CT molecular complexity index is 690. The van der Waals surface area contributed by atoms with Gasteiger partial charge in [0.2, 0.25) is 5.91 Å². The smallest absolute Gasteiger partial charge is 0.219 e. The highest BCUT2D eigenvalue weighted by atomic mass is 16.5. The van der Waals surface area contributed by atoms with E-state index in [9.17, 15) is 4.79 Å². The van der Waals surface area contributed by atoms with Crippen LogP contribution in [-0.4, -0.2) is 47.4 Å². The molecule has 3 rings (SSSR count). The molecular formula is C19H23N3O2. The molecule has 24 heavy (non-hydrogen) atoms. The van der Waals surface area contributed by atoms with Crippen molar-refractivity contribution in [1.82, 2.24) is 14.8 Å². The molecule has 0 radical (unpaired) electrons. The van der Waals surface area contributed by atoms with Crippen molar-refractivity contribution in [2.24, 2.45) is 0 Å². The number of para-hydroxylation sites is 1. The summed E-state index contributed by atoms with van der Waals surface area (Å²) in [5, 5.41) is 0. The van der Waals surface area contributed by atoms with Gasteiger partial charge in [-0.2, -0.15) is 0 Å². The maximum atomic E-state index is 11.9. The van der Waals surface area contributed by atoms with Gasteiger partial charge in [0, 0.05) is 44.9 Å². The molecule has 1 aliphatic heterocycles. The number of ether oxygens (including phenoxy) is 1. The molecule has 0 spiro atoms. The van der Waals surface area contributed by atoms with Gasteiger partial charge in [0.15, 0.2) is 0 Å². The summed E-state index contributed by atoms with van der Waals surface area (Å²) in [5.74, 6) is 0.978. The van der Waals surface area contributed by atoms with E-state index in [4.69, 9.17) is 4.74 Å². The molecule has 1 aliphatic rings. The molecule has 2 heterocycles. The predicted molar refractivity (Wildman–Crippen MR) is 92.6 cm³/mol. The van der Waals surface area contributed by atoms with E-state index in [2.05, 4.69) is 16.0 Å². The molecule has 126 valence electrons. The standard InChI is InChI=1S/C19H23N3O2/c1-15(23)21-11-12-22(13-16-7-5-6-10-20-16)18(14-21)17-8-3-4-9-19(17)24-2/h3-10,18H,11-14H2,1-2H3. The molecule has 1 saturated heterocycles. The first kappa shape index (κ1) is 16.5. The van der Waals surface area contributed by atoms with Crippen LogP contribution in [0.15, 0.2) is 48.7 Å². The van der Waals surface area contributed by atoms with E-state index in [1.807, 2.05) is 47.5 Å². The molecule has 0 saturated carbocycles. The Morgan fingerprint density at radius 2 is 2.00 bits per heavy atom. The third-order valence-electron chi connectivity index (χ3n) is 4.53. The van der Waals surface area contributed by atoms with Gasteiger partial charge in [0.05, 0.1) is 18.8 Å². The Morgan fingerprint density at radius 1 is 1.21 bits per heavy atom. The molecule has 0 N–H and O–H groups in total. The van der Waals surface area contributed by atoms with Gasteiger partial charge in [-0.15, -0.1) is 0 Å². The van der Waals surface area contributed by atoms with E-state index >= 15 is 0 Å². The summed E-state index contributed by atoms with van der Waals surface area (Å²) in [5.41, 5.74) is 2.15. The van der Waals surface area contributed by atoms with Crippen LogP contribution in [0.1, 0.15) is 24.2 Å². The number of benzene rings is 1. The van der Waals surface area contributed by atoms with Crippen LogP contribution >= 0.6 is 0 Å².